The van der Waals surface area contributed by atoms with Gasteiger partial charge in [-0.1, -0.05) is 30.2 Å². The van der Waals surface area contributed by atoms with E-state index in [1.54, 1.807) is 31.3 Å². The first-order valence-electron chi connectivity index (χ1n) is 19.4. The van der Waals surface area contributed by atoms with E-state index < -0.39 is 17.9 Å². The van der Waals surface area contributed by atoms with E-state index in [1.807, 2.05) is 35.4 Å². The van der Waals surface area contributed by atoms with Crippen LogP contribution < -0.4 is 16.0 Å². The van der Waals surface area contributed by atoms with Crippen molar-refractivity contribution in [1.29, 1.82) is 0 Å². The lowest BCUT2D eigenvalue weighted by molar-refractivity contribution is -0.134. The molecule has 5 aromatic rings. The molecule has 0 saturated carbocycles. The normalized spacial score (nSPS) is 16.8. The molecule has 3 aliphatic heterocycles. The molecule has 5 amide bonds. The molecule has 0 aliphatic carbocycles. The first kappa shape index (κ1) is 38.1. The first-order valence-corrected chi connectivity index (χ1v) is 19.4. The second-order valence-corrected chi connectivity index (χ2v) is 14.5. The van der Waals surface area contributed by atoms with Crippen molar-refractivity contribution in [3.05, 3.63) is 95.6 Å². The number of amides is 5. The van der Waals surface area contributed by atoms with Gasteiger partial charge in [-0.2, -0.15) is 0 Å². The summed E-state index contributed by atoms with van der Waals surface area (Å²) in [6, 6.07) is 15.6. The highest BCUT2D eigenvalue weighted by molar-refractivity contribution is 6.03. The second kappa shape index (κ2) is 16.7. The Bertz CT molecular complexity index is 2500. The van der Waals surface area contributed by atoms with Crippen LogP contribution in [0.2, 0.25) is 0 Å². The van der Waals surface area contributed by atoms with Gasteiger partial charge in [0.15, 0.2) is 0 Å². The average Bonchev–Trinajstić information content (AvgIpc) is 3.63. The van der Waals surface area contributed by atoms with Crippen LogP contribution in [0.4, 0.5) is 0 Å². The number of rotatable bonds is 8. The predicted octanol–water partition coefficient (Wildman–Crippen LogP) is 3.52. The molecule has 4 aromatic heterocycles. The van der Waals surface area contributed by atoms with Crippen LogP contribution in [0.25, 0.3) is 33.3 Å². The van der Waals surface area contributed by atoms with Crippen LogP contribution in [0.15, 0.2) is 67.0 Å². The Morgan fingerprint density at radius 1 is 0.931 bits per heavy atom. The van der Waals surface area contributed by atoms with Gasteiger partial charge in [0.2, 0.25) is 17.7 Å². The lowest BCUT2D eigenvalue weighted by atomic mass is 9.99. The Morgan fingerprint density at radius 2 is 1.78 bits per heavy atom. The highest BCUT2D eigenvalue weighted by Crippen LogP contribution is 2.37. The Hall–Kier alpha value is -6.79. The molecule has 0 spiro atoms. The highest BCUT2D eigenvalue weighted by Gasteiger charge is 2.31. The molecule has 58 heavy (non-hydrogen) atoms. The number of aromatic nitrogens is 5. The van der Waals surface area contributed by atoms with Gasteiger partial charge in [0.05, 0.1) is 23.6 Å². The van der Waals surface area contributed by atoms with E-state index >= 15 is 0 Å². The third-order valence-corrected chi connectivity index (χ3v) is 10.7. The van der Waals surface area contributed by atoms with Crippen LogP contribution in [0.1, 0.15) is 83.1 Å². The molecule has 3 N–H and O–H groups in total. The third-order valence-electron chi connectivity index (χ3n) is 10.7. The summed E-state index contributed by atoms with van der Waals surface area (Å²) in [5.41, 5.74) is 5.07. The van der Waals surface area contributed by atoms with Crippen molar-refractivity contribution in [3.63, 3.8) is 0 Å². The number of piperidine rings is 1. The fourth-order valence-corrected chi connectivity index (χ4v) is 7.54. The minimum absolute atomic E-state index is 0.0504. The summed E-state index contributed by atoms with van der Waals surface area (Å²) in [5.74, 6) is 5.48. The quantitative estimate of drug-likeness (QED) is 0.119. The van der Waals surface area contributed by atoms with E-state index in [2.05, 4.69) is 48.4 Å². The molecule has 294 valence electrons. The number of nitrogens with one attached hydrogen (secondary N) is 3. The molecule has 8 rings (SSSR count). The Labute approximate surface area is 334 Å². The van der Waals surface area contributed by atoms with Crippen molar-refractivity contribution >= 4 is 40.3 Å². The molecule has 1 atom stereocenters. The smallest absolute Gasteiger partial charge is 0.270 e. The van der Waals surface area contributed by atoms with Crippen LogP contribution >= 0.6 is 0 Å². The highest BCUT2D eigenvalue weighted by atomic mass is 16.5. The molecule has 0 unspecified atom stereocenters. The minimum atomic E-state index is -0.806. The standard InChI is InChI=1S/C43H41N9O6/c1-26(53)51-18-19-52-37(25-51)39(50-40(52)27-15-20-58-21-16-27)31-9-4-6-28-22-36(46-24-32(28)31)29-11-12-33(45-23-29)41(55)44-17-3-2-7-30-8-5-10-34(47-30)42(56)48-35-13-14-38(54)49-43(35)57/h4-6,8-12,22-24,27,35H,3,13-21,25H2,1H3,(H,44,55)(H,48,56)(H,49,54,57)/t35-/m0/s1. The lowest BCUT2D eigenvalue weighted by Crippen LogP contribution is -2.52. The van der Waals surface area contributed by atoms with Crippen molar-refractivity contribution in [3.8, 4) is 34.4 Å². The molecule has 15 heteroatoms. The van der Waals surface area contributed by atoms with Gasteiger partial charge < -0.3 is 24.8 Å². The molecule has 2 fully saturated rings. The molecular formula is C43H41N9O6. The molecule has 2 saturated heterocycles. The zero-order valence-electron chi connectivity index (χ0n) is 31.9. The SMILES string of the molecule is CC(=O)N1CCn2c(C3CCOCC3)nc(-c3cccc4cc(-c5ccc(C(=O)NCCC#Cc6cccc(C(=O)N[C@H]7CCC(=O)NC7=O)n6)nc5)ncc34)c2C1. The van der Waals surface area contributed by atoms with E-state index in [-0.39, 0.29) is 48.5 Å². The fraction of sp³-hybridized carbons (Fsp3) is 0.326. The van der Waals surface area contributed by atoms with E-state index in [0.717, 1.165) is 65.2 Å². The van der Waals surface area contributed by atoms with E-state index in [9.17, 15) is 24.0 Å². The van der Waals surface area contributed by atoms with E-state index in [4.69, 9.17) is 14.7 Å². The van der Waals surface area contributed by atoms with Crippen molar-refractivity contribution in [2.75, 3.05) is 26.3 Å². The number of nitrogens with zero attached hydrogens (tertiary/aromatic N) is 6. The van der Waals surface area contributed by atoms with Crippen LogP contribution in [0.3, 0.4) is 0 Å². The lowest BCUT2D eigenvalue weighted by Gasteiger charge is -2.30. The van der Waals surface area contributed by atoms with E-state index in [0.29, 0.717) is 43.4 Å². The summed E-state index contributed by atoms with van der Waals surface area (Å²) in [6.45, 7) is 5.20. The van der Waals surface area contributed by atoms with Crippen LogP contribution in [0.5, 0.6) is 0 Å². The zero-order chi connectivity index (χ0) is 40.2. The van der Waals surface area contributed by atoms with Gasteiger partial charge in [0.1, 0.15) is 28.9 Å². The average molecular weight is 780 g/mol. The first-order chi connectivity index (χ1) is 28.2. The van der Waals surface area contributed by atoms with Crippen LogP contribution in [-0.4, -0.2) is 91.3 Å². The summed E-state index contributed by atoms with van der Waals surface area (Å²) >= 11 is 0. The summed E-state index contributed by atoms with van der Waals surface area (Å²) in [4.78, 5) is 81.9. The molecule has 7 heterocycles. The van der Waals surface area contributed by atoms with Crippen LogP contribution in [0, 0.1) is 11.8 Å². The number of hydrogen-bond acceptors (Lipinski definition) is 10. The third kappa shape index (κ3) is 8.19. The van der Waals surface area contributed by atoms with Gasteiger partial charge in [0, 0.05) is 87.4 Å². The Morgan fingerprint density at radius 3 is 2.57 bits per heavy atom. The molecule has 0 bridgehead atoms. The largest absolute Gasteiger partial charge is 0.381 e. The number of carbonyl (C=O) groups excluding carboxylic acids is 5. The molecule has 15 nitrogen and oxygen atoms in total. The topological polar surface area (TPSA) is 190 Å². The van der Waals surface area contributed by atoms with Crippen LogP contribution in [-0.2, 0) is 32.2 Å². The van der Waals surface area contributed by atoms with Crippen molar-refractivity contribution < 1.29 is 28.7 Å². The molecular weight excluding hydrogens is 739 g/mol. The molecule has 0 radical (unpaired) electrons. The second-order valence-electron chi connectivity index (χ2n) is 14.5. The Kier molecular flexibility index (Phi) is 11.0. The molecule has 1 aromatic carbocycles. The van der Waals surface area contributed by atoms with Crippen molar-refractivity contribution in [1.82, 2.24) is 45.4 Å². The number of pyridine rings is 3. The van der Waals surface area contributed by atoms with Crippen molar-refractivity contribution in [2.24, 2.45) is 0 Å². The van der Waals surface area contributed by atoms with Gasteiger partial charge in [-0.3, -0.25) is 39.3 Å². The molecule has 3 aliphatic rings. The van der Waals surface area contributed by atoms with Crippen molar-refractivity contribution in [2.45, 2.75) is 64.1 Å². The number of imidazole rings is 1. The monoisotopic (exact) mass is 779 g/mol. The minimum Gasteiger partial charge on any atom is -0.381 e. The predicted molar refractivity (Wildman–Crippen MR) is 212 cm³/mol. The summed E-state index contributed by atoms with van der Waals surface area (Å²) in [7, 11) is 0. The van der Waals surface area contributed by atoms with Gasteiger partial charge >= 0.3 is 0 Å². The number of hydrogen-bond donors (Lipinski definition) is 3. The number of carbonyl (C=O) groups is 5. The number of benzene rings is 1. The number of fused-ring (bicyclic) bond motifs is 2. The maximum Gasteiger partial charge on any atom is 0.270 e. The summed E-state index contributed by atoms with van der Waals surface area (Å²) < 4.78 is 7.96. The zero-order valence-corrected chi connectivity index (χ0v) is 31.9. The number of ether oxygens (including phenoxy) is 1. The van der Waals surface area contributed by atoms with E-state index in [1.165, 1.54) is 6.07 Å². The fourth-order valence-electron chi connectivity index (χ4n) is 7.54. The summed E-state index contributed by atoms with van der Waals surface area (Å²) in [5, 5.41) is 9.57. The van der Waals surface area contributed by atoms with Gasteiger partial charge in [-0.25, -0.2) is 9.97 Å². The maximum absolute atomic E-state index is 12.9. The summed E-state index contributed by atoms with van der Waals surface area (Å²) in [6.07, 6.45) is 6.03. The number of imide groups is 1. The Balaban J connectivity index is 0.906. The van der Waals surface area contributed by atoms with Gasteiger partial charge in [-0.15, -0.1) is 0 Å². The maximum atomic E-state index is 12.9. The van der Waals surface area contributed by atoms with Gasteiger partial charge in [0.25, 0.3) is 11.8 Å². The van der Waals surface area contributed by atoms with Gasteiger partial charge in [-0.05, 0) is 60.9 Å².